The van der Waals surface area contributed by atoms with Gasteiger partial charge in [0.2, 0.25) is 0 Å². The summed E-state index contributed by atoms with van der Waals surface area (Å²) in [5.74, 6) is 0.592. The SMILES string of the molecule is Cc1nc2c(c(=O)n1C(c1ccccc1)c1ccccn1)CCN(Cc1ccc(C(F)(F)F)cc1)C2. The Hall–Kier alpha value is -3.78. The number of rotatable bonds is 5. The predicted octanol–water partition coefficient (Wildman–Crippen LogP) is 5.16. The summed E-state index contributed by atoms with van der Waals surface area (Å²) < 4.78 is 40.3. The first kappa shape index (κ1) is 23.9. The van der Waals surface area contributed by atoms with Crippen LogP contribution in [-0.4, -0.2) is 26.0 Å². The lowest BCUT2D eigenvalue weighted by Gasteiger charge is -2.30. The van der Waals surface area contributed by atoms with Crippen LogP contribution in [0.1, 0.15) is 45.5 Å². The molecular weight excluding hydrogens is 465 g/mol. The summed E-state index contributed by atoms with van der Waals surface area (Å²) in [5.41, 5.74) is 3.16. The van der Waals surface area contributed by atoms with E-state index >= 15 is 0 Å². The van der Waals surface area contributed by atoms with Crippen LogP contribution in [0.2, 0.25) is 0 Å². The number of halogens is 3. The van der Waals surface area contributed by atoms with Crippen LogP contribution in [0.4, 0.5) is 13.2 Å². The number of pyridine rings is 1. The molecule has 184 valence electrons. The van der Waals surface area contributed by atoms with Gasteiger partial charge in [0.25, 0.3) is 5.56 Å². The van der Waals surface area contributed by atoms with Crippen LogP contribution >= 0.6 is 0 Å². The average Bonchev–Trinajstić information content (AvgIpc) is 2.87. The van der Waals surface area contributed by atoms with Crippen LogP contribution in [0.5, 0.6) is 0 Å². The standard InChI is InChI=1S/C28H25F3N4O/c1-19-33-25-18-34(17-20-10-12-22(13-11-20)28(29,30)31)16-14-23(25)27(36)35(19)26(21-7-3-2-4-8-21)24-9-5-6-15-32-24/h2-13,15,26H,14,16-18H2,1H3. The van der Waals surface area contributed by atoms with Gasteiger partial charge in [0.15, 0.2) is 0 Å². The van der Waals surface area contributed by atoms with Gasteiger partial charge in [0.1, 0.15) is 11.9 Å². The number of alkyl halides is 3. The third-order valence-corrected chi connectivity index (χ3v) is 6.55. The minimum Gasteiger partial charge on any atom is -0.293 e. The second-order valence-corrected chi connectivity index (χ2v) is 8.98. The summed E-state index contributed by atoms with van der Waals surface area (Å²) in [6.07, 6.45) is -2.11. The summed E-state index contributed by atoms with van der Waals surface area (Å²) >= 11 is 0. The van der Waals surface area contributed by atoms with E-state index in [9.17, 15) is 18.0 Å². The van der Waals surface area contributed by atoms with Crippen molar-refractivity contribution in [1.82, 2.24) is 19.4 Å². The van der Waals surface area contributed by atoms with E-state index in [0.717, 1.165) is 34.6 Å². The Labute approximate surface area is 206 Å². The van der Waals surface area contributed by atoms with Crippen LogP contribution < -0.4 is 5.56 Å². The molecule has 1 atom stereocenters. The van der Waals surface area contributed by atoms with Gasteiger partial charge in [-0.1, -0.05) is 48.5 Å². The Morgan fingerprint density at radius 3 is 2.36 bits per heavy atom. The lowest BCUT2D eigenvalue weighted by molar-refractivity contribution is -0.137. The summed E-state index contributed by atoms with van der Waals surface area (Å²) in [6, 6.07) is 20.3. The first-order valence-electron chi connectivity index (χ1n) is 11.8. The number of hydrogen-bond acceptors (Lipinski definition) is 4. The van der Waals surface area contributed by atoms with Gasteiger partial charge in [0.05, 0.1) is 17.0 Å². The molecule has 4 aromatic rings. The Bertz CT molecular complexity index is 1360. The van der Waals surface area contributed by atoms with Gasteiger partial charge in [-0.05, 0) is 48.7 Å². The van der Waals surface area contributed by atoms with Crippen molar-refractivity contribution in [3.63, 3.8) is 0 Å². The first-order chi connectivity index (χ1) is 17.3. The number of aryl methyl sites for hydroxylation is 1. The lowest BCUT2D eigenvalue weighted by Crippen LogP contribution is -2.39. The number of nitrogens with zero attached hydrogens (tertiary/aromatic N) is 4. The van der Waals surface area contributed by atoms with E-state index in [1.807, 2.05) is 55.5 Å². The zero-order valence-electron chi connectivity index (χ0n) is 19.7. The molecule has 0 bridgehead atoms. The highest BCUT2D eigenvalue weighted by atomic mass is 19.4. The van der Waals surface area contributed by atoms with Gasteiger partial charge >= 0.3 is 6.18 Å². The normalized spacial score (nSPS) is 14.9. The van der Waals surface area contributed by atoms with Crippen LogP contribution in [0, 0.1) is 6.92 Å². The van der Waals surface area contributed by atoms with E-state index in [1.54, 1.807) is 10.8 Å². The molecule has 5 nitrogen and oxygen atoms in total. The topological polar surface area (TPSA) is 51.0 Å². The van der Waals surface area contributed by atoms with Gasteiger partial charge in [-0.25, -0.2) is 4.98 Å². The maximum atomic E-state index is 13.8. The average molecular weight is 491 g/mol. The molecule has 36 heavy (non-hydrogen) atoms. The molecule has 5 rings (SSSR count). The molecule has 1 unspecified atom stereocenters. The molecule has 8 heteroatoms. The van der Waals surface area contributed by atoms with Gasteiger partial charge < -0.3 is 0 Å². The van der Waals surface area contributed by atoms with Crippen molar-refractivity contribution in [2.24, 2.45) is 0 Å². The number of fused-ring (bicyclic) bond motifs is 1. The van der Waals surface area contributed by atoms with Crippen LogP contribution in [0.25, 0.3) is 0 Å². The second kappa shape index (κ2) is 9.70. The molecule has 1 aliphatic heterocycles. The zero-order chi connectivity index (χ0) is 25.3. The van der Waals surface area contributed by atoms with Gasteiger partial charge in [0, 0.05) is 31.4 Å². The molecule has 2 aromatic heterocycles. The molecule has 3 heterocycles. The first-order valence-corrected chi connectivity index (χ1v) is 11.8. The van der Waals surface area contributed by atoms with Crippen molar-refractivity contribution >= 4 is 0 Å². The van der Waals surface area contributed by atoms with E-state index in [1.165, 1.54) is 12.1 Å². The molecule has 0 saturated carbocycles. The minimum absolute atomic E-state index is 0.0776. The van der Waals surface area contributed by atoms with E-state index < -0.39 is 17.8 Å². The second-order valence-electron chi connectivity index (χ2n) is 8.98. The molecule has 0 fully saturated rings. The van der Waals surface area contributed by atoms with Crippen LogP contribution in [0.3, 0.4) is 0 Å². The van der Waals surface area contributed by atoms with Crippen molar-refractivity contribution in [1.29, 1.82) is 0 Å². The fraction of sp³-hybridized carbons (Fsp3) is 0.250. The van der Waals surface area contributed by atoms with Crippen LogP contribution in [0.15, 0.2) is 83.8 Å². The maximum absolute atomic E-state index is 13.8. The van der Waals surface area contributed by atoms with Crippen molar-refractivity contribution in [2.75, 3.05) is 6.54 Å². The monoisotopic (exact) mass is 490 g/mol. The molecule has 2 aromatic carbocycles. The molecule has 0 spiro atoms. The van der Waals surface area contributed by atoms with Gasteiger partial charge in [-0.2, -0.15) is 13.2 Å². The highest BCUT2D eigenvalue weighted by Crippen LogP contribution is 2.30. The van der Waals surface area contributed by atoms with Crippen LogP contribution in [-0.2, 0) is 25.7 Å². The molecular formula is C28H25F3N4O. The minimum atomic E-state index is -4.35. The quantitative estimate of drug-likeness (QED) is 0.388. The van der Waals surface area contributed by atoms with E-state index in [0.29, 0.717) is 37.4 Å². The maximum Gasteiger partial charge on any atom is 0.416 e. The molecule has 0 amide bonds. The summed E-state index contributed by atoms with van der Waals surface area (Å²) in [5, 5.41) is 0. The molecule has 1 aliphatic rings. The number of aromatic nitrogens is 3. The van der Waals surface area contributed by atoms with E-state index in [4.69, 9.17) is 4.98 Å². The number of benzene rings is 2. The largest absolute Gasteiger partial charge is 0.416 e. The summed E-state index contributed by atoms with van der Waals surface area (Å²) in [7, 11) is 0. The van der Waals surface area contributed by atoms with Gasteiger partial charge in [-0.3, -0.25) is 19.2 Å². The predicted molar refractivity (Wildman–Crippen MR) is 130 cm³/mol. The summed E-state index contributed by atoms with van der Waals surface area (Å²) in [6.45, 7) is 3.40. The van der Waals surface area contributed by atoms with E-state index in [2.05, 4.69) is 9.88 Å². The highest BCUT2D eigenvalue weighted by molar-refractivity contribution is 5.32. The molecule has 0 aliphatic carbocycles. The van der Waals surface area contributed by atoms with Crippen molar-refractivity contribution in [3.05, 3.63) is 129 Å². The Kier molecular flexibility index (Phi) is 6.45. The van der Waals surface area contributed by atoms with Crippen molar-refractivity contribution in [2.45, 2.75) is 38.7 Å². The fourth-order valence-corrected chi connectivity index (χ4v) is 4.80. The van der Waals surface area contributed by atoms with Crippen molar-refractivity contribution < 1.29 is 13.2 Å². The Balaban J connectivity index is 1.45. The van der Waals surface area contributed by atoms with E-state index in [-0.39, 0.29) is 5.56 Å². The molecule has 0 radical (unpaired) electrons. The highest BCUT2D eigenvalue weighted by Gasteiger charge is 2.30. The molecule has 0 saturated heterocycles. The smallest absolute Gasteiger partial charge is 0.293 e. The third-order valence-electron chi connectivity index (χ3n) is 6.55. The lowest BCUT2D eigenvalue weighted by atomic mass is 10.0. The molecule has 0 N–H and O–H groups in total. The Morgan fingerprint density at radius 2 is 1.69 bits per heavy atom. The van der Waals surface area contributed by atoms with Gasteiger partial charge in [-0.15, -0.1) is 0 Å². The third kappa shape index (κ3) is 4.81. The Morgan fingerprint density at radius 1 is 0.972 bits per heavy atom. The van der Waals surface area contributed by atoms with Crippen molar-refractivity contribution in [3.8, 4) is 0 Å². The number of hydrogen-bond donors (Lipinski definition) is 0. The fourth-order valence-electron chi connectivity index (χ4n) is 4.80. The zero-order valence-corrected chi connectivity index (χ0v) is 19.7. The summed E-state index contributed by atoms with van der Waals surface area (Å²) in [4.78, 5) is 25.3.